The van der Waals surface area contributed by atoms with Gasteiger partial charge in [0.05, 0.1) is 16.4 Å². The lowest BCUT2D eigenvalue weighted by Gasteiger charge is -2.10. The molecule has 3 nitrogen and oxygen atoms in total. The van der Waals surface area contributed by atoms with Gasteiger partial charge < -0.3 is 5.32 Å². The van der Waals surface area contributed by atoms with Crippen LogP contribution in [0.25, 0.3) is 16.9 Å². The molecule has 0 unspecified atom stereocenters. The zero-order valence-corrected chi connectivity index (χ0v) is 15.0. The van der Waals surface area contributed by atoms with Gasteiger partial charge >= 0.3 is 0 Å². The molecule has 4 rings (SSSR count). The van der Waals surface area contributed by atoms with Crippen molar-refractivity contribution < 1.29 is 0 Å². The third kappa shape index (κ3) is 2.48. The molecule has 24 heavy (non-hydrogen) atoms. The largest absolute Gasteiger partial charge is 0.369 e. The Bertz CT molecular complexity index is 944. The molecular weight excluding hydrogens is 341 g/mol. The molecule has 2 heterocycles. The SMILES string of the molecule is Cc1ccc(C)c(-n2nc(-c3ccc(Cl)cc3Cl)c3c2NCC3)c1. The number of aromatic nitrogens is 2. The number of anilines is 1. The minimum absolute atomic E-state index is 0.628. The van der Waals surface area contributed by atoms with E-state index in [1.807, 2.05) is 16.8 Å². The molecule has 1 aliphatic rings. The summed E-state index contributed by atoms with van der Waals surface area (Å²) in [6.07, 6.45) is 0.939. The molecule has 1 N–H and O–H groups in total. The van der Waals surface area contributed by atoms with Crippen LogP contribution in [0.15, 0.2) is 36.4 Å². The number of hydrogen-bond acceptors (Lipinski definition) is 2. The molecule has 1 aromatic heterocycles. The van der Waals surface area contributed by atoms with Crippen LogP contribution < -0.4 is 5.32 Å². The van der Waals surface area contributed by atoms with E-state index in [4.69, 9.17) is 28.3 Å². The van der Waals surface area contributed by atoms with Gasteiger partial charge in [-0.2, -0.15) is 5.10 Å². The first kappa shape index (κ1) is 15.6. The van der Waals surface area contributed by atoms with Gasteiger partial charge in [0.15, 0.2) is 0 Å². The maximum Gasteiger partial charge on any atom is 0.133 e. The molecule has 0 spiro atoms. The Balaban J connectivity index is 1.94. The van der Waals surface area contributed by atoms with E-state index in [-0.39, 0.29) is 0 Å². The highest BCUT2D eigenvalue weighted by atomic mass is 35.5. The van der Waals surface area contributed by atoms with Crippen LogP contribution in [-0.4, -0.2) is 16.3 Å². The molecule has 0 aliphatic carbocycles. The summed E-state index contributed by atoms with van der Waals surface area (Å²) < 4.78 is 2.00. The molecule has 0 saturated heterocycles. The summed E-state index contributed by atoms with van der Waals surface area (Å²) in [5.41, 5.74) is 6.55. The van der Waals surface area contributed by atoms with E-state index in [1.54, 1.807) is 6.07 Å². The Kier molecular flexibility index (Phi) is 3.78. The summed E-state index contributed by atoms with van der Waals surface area (Å²) in [6.45, 7) is 5.11. The van der Waals surface area contributed by atoms with E-state index in [0.717, 1.165) is 35.7 Å². The lowest BCUT2D eigenvalue weighted by Crippen LogP contribution is -2.06. The summed E-state index contributed by atoms with van der Waals surface area (Å²) in [5.74, 6) is 1.06. The zero-order chi connectivity index (χ0) is 16.8. The van der Waals surface area contributed by atoms with Crippen molar-refractivity contribution in [1.29, 1.82) is 0 Å². The molecule has 0 atom stereocenters. The van der Waals surface area contributed by atoms with E-state index in [2.05, 4.69) is 37.4 Å². The Morgan fingerprint density at radius 1 is 1.08 bits per heavy atom. The fourth-order valence-electron chi connectivity index (χ4n) is 3.19. The highest BCUT2D eigenvalue weighted by molar-refractivity contribution is 6.36. The van der Waals surface area contributed by atoms with Crippen LogP contribution in [0, 0.1) is 13.8 Å². The van der Waals surface area contributed by atoms with Crippen molar-refractivity contribution in [3.63, 3.8) is 0 Å². The van der Waals surface area contributed by atoms with Gasteiger partial charge in [-0.15, -0.1) is 0 Å². The topological polar surface area (TPSA) is 29.9 Å². The summed E-state index contributed by atoms with van der Waals surface area (Å²) >= 11 is 12.5. The predicted molar refractivity (Wildman–Crippen MR) is 101 cm³/mol. The number of benzene rings is 2. The van der Waals surface area contributed by atoms with Gasteiger partial charge in [-0.05, 0) is 55.7 Å². The third-order valence-electron chi connectivity index (χ3n) is 4.43. The van der Waals surface area contributed by atoms with Gasteiger partial charge in [-0.1, -0.05) is 35.3 Å². The predicted octanol–water partition coefficient (Wildman–Crippen LogP) is 5.43. The molecule has 0 bridgehead atoms. The first-order valence-electron chi connectivity index (χ1n) is 7.93. The van der Waals surface area contributed by atoms with Crippen molar-refractivity contribution in [2.24, 2.45) is 0 Å². The molecule has 2 aromatic carbocycles. The molecule has 0 saturated carbocycles. The lowest BCUT2D eigenvalue weighted by atomic mass is 10.1. The van der Waals surface area contributed by atoms with Crippen LogP contribution in [0.4, 0.5) is 5.82 Å². The molecule has 0 radical (unpaired) electrons. The third-order valence-corrected chi connectivity index (χ3v) is 4.98. The number of nitrogens with zero attached hydrogens (tertiary/aromatic N) is 2. The second-order valence-corrected chi connectivity index (χ2v) is 7.02. The van der Waals surface area contributed by atoms with Crippen molar-refractivity contribution in [2.75, 3.05) is 11.9 Å². The Morgan fingerprint density at radius 3 is 2.71 bits per heavy atom. The highest BCUT2D eigenvalue weighted by Crippen LogP contribution is 2.38. The highest BCUT2D eigenvalue weighted by Gasteiger charge is 2.25. The van der Waals surface area contributed by atoms with Crippen LogP contribution >= 0.6 is 23.2 Å². The number of rotatable bonds is 2. The van der Waals surface area contributed by atoms with Crippen molar-refractivity contribution in [3.8, 4) is 16.9 Å². The number of aryl methyl sites for hydroxylation is 2. The Hall–Kier alpha value is -1.97. The average Bonchev–Trinajstić information content (AvgIpc) is 3.13. The van der Waals surface area contributed by atoms with Gasteiger partial charge in [0.2, 0.25) is 0 Å². The van der Waals surface area contributed by atoms with Crippen molar-refractivity contribution >= 4 is 29.0 Å². The summed E-state index contributed by atoms with van der Waals surface area (Å²) in [6, 6.07) is 12.0. The van der Waals surface area contributed by atoms with E-state index in [9.17, 15) is 0 Å². The minimum Gasteiger partial charge on any atom is -0.369 e. The van der Waals surface area contributed by atoms with Crippen molar-refractivity contribution in [2.45, 2.75) is 20.3 Å². The Morgan fingerprint density at radius 2 is 1.92 bits per heavy atom. The molecule has 1 aliphatic heterocycles. The van der Waals surface area contributed by atoms with Crippen LogP contribution in [0.3, 0.4) is 0 Å². The lowest BCUT2D eigenvalue weighted by molar-refractivity contribution is 0.874. The fraction of sp³-hybridized carbons (Fsp3) is 0.211. The summed E-state index contributed by atoms with van der Waals surface area (Å²) in [5, 5.41) is 9.62. The number of fused-ring (bicyclic) bond motifs is 1. The number of halogens is 2. The quantitative estimate of drug-likeness (QED) is 0.662. The standard InChI is InChI=1S/C19H17Cl2N3/c1-11-3-4-12(2)17(9-11)24-19-15(7-8-22-19)18(23-24)14-6-5-13(20)10-16(14)21/h3-6,9-10,22H,7-8H2,1-2H3. The minimum atomic E-state index is 0.628. The van der Waals surface area contributed by atoms with Crippen LogP contribution in [0.5, 0.6) is 0 Å². The Labute approximate surface area is 151 Å². The average molecular weight is 358 g/mol. The fourth-order valence-corrected chi connectivity index (χ4v) is 3.69. The van der Waals surface area contributed by atoms with Gasteiger partial charge in [-0.3, -0.25) is 0 Å². The second kappa shape index (κ2) is 5.83. The maximum absolute atomic E-state index is 6.42. The first-order valence-corrected chi connectivity index (χ1v) is 8.69. The van der Waals surface area contributed by atoms with E-state index in [1.165, 1.54) is 16.7 Å². The molecule has 5 heteroatoms. The van der Waals surface area contributed by atoms with Crippen LogP contribution in [0.2, 0.25) is 10.0 Å². The molecule has 0 amide bonds. The van der Waals surface area contributed by atoms with E-state index in [0.29, 0.717) is 10.0 Å². The summed E-state index contributed by atoms with van der Waals surface area (Å²) in [4.78, 5) is 0. The van der Waals surface area contributed by atoms with Crippen molar-refractivity contribution in [3.05, 3.63) is 63.1 Å². The van der Waals surface area contributed by atoms with E-state index >= 15 is 0 Å². The monoisotopic (exact) mass is 357 g/mol. The summed E-state index contributed by atoms with van der Waals surface area (Å²) in [7, 11) is 0. The van der Waals surface area contributed by atoms with Gasteiger partial charge in [0.1, 0.15) is 5.82 Å². The maximum atomic E-state index is 6.42. The van der Waals surface area contributed by atoms with Crippen molar-refractivity contribution in [1.82, 2.24) is 9.78 Å². The second-order valence-electron chi connectivity index (χ2n) is 6.18. The van der Waals surface area contributed by atoms with Crippen LogP contribution in [0.1, 0.15) is 16.7 Å². The molecule has 122 valence electrons. The molecule has 0 fully saturated rings. The zero-order valence-electron chi connectivity index (χ0n) is 13.5. The smallest absolute Gasteiger partial charge is 0.133 e. The first-order chi connectivity index (χ1) is 11.5. The molecule has 3 aromatic rings. The van der Waals surface area contributed by atoms with E-state index < -0.39 is 0 Å². The number of nitrogens with one attached hydrogen (secondary N) is 1. The normalized spacial score (nSPS) is 13.0. The number of hydrogen-bond donors (Lipinski definition) is 1. The van der Waals surface area contributed by atoms with Gasteiger partial charge in [-0.25, -0.2) is 4.68 Å². The van der Waals surface area contributed by atoms with Gasteiger partial charge in [0.25, 0.3) is 0 Å². The molecular formula is C19H17Cl2N3. The van der Waals surface area contributed by atoms with Crippen LogP contribution in [-0.2, 0) is 6.42 Å². The van der Waals surface area contributed by atoms with Gasteiger partial charge in [0, 0.05) is 22.7 Å².